The second-order valence-corrected chi connectivity index (χ2v) is 9.97. The average Bonchev–Trinajstić information content (AvgIpc) is 3.26. The van der Waals surface area contributed by atoms with Gasteiger partial charge in [-0.2, -0.15) is 4.31 Å². The van der Waals surface area contributed by atoms with E-state index in [1.807, 2.05) is 31.2 Å². The Morgan fingerprint density at radius 3 is 2.32 bits per heavy atom. The minimum atomic E-state index is -3.98. The topological polar surface area (TPSA) is 70.6 Å². The maximum Gasteiger partial charge on any atom is 0.273 e. The second-order valence-electron chi connectivity index (χ2n) is 7.18. The molecule has 2 heterocycles. The molecule has 0 unspecified atom stereocenters. The van der Waals surface area contributed by atoms with Gasteiger partial charge in [0.25, 0.3) is 5.91 Å². The van der Waals surface area contributed by atoms with Crippen molar-refractivity contribution in [2.24, 2.45) is 0 Å². The van der Waals surface area contributed by atoms with Crippen molar-refractivity contribution in [1.82, 2.24) is 14.2 Å². The highest BCUT2D eigenvalue weighted by molar-refractivity contribution is 7.89. The van der Waals surface area contributed by atoms with Crippen LogP contribution in [0.4, 0.5) is 8.78 Å². The monoisotopic (exact) mass is 463 g/mol. The van der Waals surface area contributed by atoms with E-state index in [1.54, 1.807) is 10.3 Å². The minimum Gasteiger partial charge on any atom is -0.335 e. The largest absolute Gasteiger partial charge is 0.335 e. The number of aromatic nitrogens is 1. The Balaban J connectivity index is 1.43. The van der Waals surface area contributed by atoms with Crippen molar-refractivity contribution in [2.75, 3.05) is 26.2 Å². The van der Waals surface area contributed by atoms with E-state index >= 15 is 0 Å². The number of rotatable bonds is 4. The molecule has 0 radical (unpaired) electrons. The highest BCUT2D eigenvalue weighted by Gasteiger charge is 2.31. The highest BCUT2D eigenvalue weighted by atomic mass is 32.2. The van der Waals surface area contributed by atoms with Gasteiger partial charge in [-0.25, -0.2) is 22.2 Å². The predicted molar refractivity (Wildman–Crippen MR) is 113 cm³/mol. The molecule has 3 aromatic rings. The normalized spacial score (nSPS) is 15.3. The van der Waals surface area contributed by atoms with Crippen molar-refractivity contribution in [3.05, 3.63) is 70.7 Å². The molecule has 0 saturated carbocycles. The Hall–Kier alpha value is -2.69. The van der Waals surface area contributed by atoms with Crippen LogP contribution in [0.1, 0.15) is 16.1 Å². The van der Waals surface area contributed by atoms with Gasteiger partial charge in [-0.1, -0.05) is 29.8 Å². The third kappa shape index (κ3) is 4.36. The highest BCUT2D eigenvalue weighted by Crippen LogP contribution is 2.25. The van der Waals surface area contributed by atoms with E-state index < -0.39 is 21.7 Å². The predicted octanol–water partition coefficient (Wildman–Crippen LogP) is 3.54. The molecule has 6 nitrogen and oxygen atoms in total. The molecule has 4 rings (SSSR count). The van der Waals surface area contributed by atoms with E-state index in [9.17, 15) is 22.0 Å². The fourth-order valence-electron chi connectivity index (χ4n) is 3.28. The number of benzene rings is 2. The summed E-state index contributed by atoms with van der Waals surface area (Å²) in [6.45, 7) is 2.47. The van der Waals surface area contributed by atoms with Gasteiger partial charge in [-0.05, 0) is 25.1 Å². The maximum absolute atomic E-state index is 13.5. The summed E-state index contributed by atoms with van der Waals surface area (Å²) >= 11 is 1.37. The van der Waals surface area contributed by atoms with Crippen LogP contribution in [0.3, 0.4) is 0 Å². The van der Waals surface area contributed by atoms with Crippen LogP contribution in [-0.2, 0) is 10.0 Å². The summed E-state index contributed by atoms with van der Waals surface area (Å²) in [5.74, 6) is -2.59. The molecule has 0 aliphatic carbocycles. The fraction of sp³-hybridized carbons (Fsp3) is 0.238. The standard InChI is InChI=1S/C21H19F2N3O3S2/c1-14-2-4-15(5-3-14)20-24-19(13-30-20)21(27)25-8-10-26(11-9-25)31(28,29)16-6-7-17(22)18(23)12-16/h2-7,12-13H,8-11H2,1H3. The van der Waals surface area contributed by atoms with Gasteiger partial charge in [0.05, 0.1) is 4.90 Å². The lowest BCUT2D eigenvalue weighted by atomic mass is 10.2. The second kappa shape index (κ2) is 8.45. The van der Waals surface area contributed by atoms with Crippen LogP contribution < -0.4 is 0 Å². The van der Waals surface area contributed by atoms with Gasteiger partial charge in [0, 0.05) is 37.1 Å². The summed E-state index contributed by atoms with van der Waals surface area (Å²) in [7, 11) is -3.98. The SMILES string of the molecule is Cc1ccc(-c2nc(C(=O)N3CCN(S(=O)(=O)c4ccc(F)c(F)c4)CC3)cs2)cc1. The third-order valence-corrected chi connectivity index (χ3v) is 7.86. The van der Waals surface area contributed by atoms with E-state index in [0.29, 0.717) is 11.8 Å². The first-order valence-corrected chi connectivity index (χ1v) is 11.8. The lowest BCUT2D eigenvalue weighted by molar-refractivity contribution is 0.0693. The number of carbonyl (C=O) groups excluding carboxylic acids is 1. The van der Waals surface area contributed by atoms with Crippen LogP contribution >= 0.6 is 11.3 Å². The molecule has 2 aromatic carbocycles. The first-order chi connectivity index (χ1) is 14.8. The number of thiazole rings is 1. The smallest absolute Gasteiger partial charge is 0.273 e. The van der Waals surface area contributed by atoms with Crippen molar-refractivity contribution in [3.63, 3.8) is 0 Å². The maximum atomic E-state index is 13.5. The summed E-state index contributed by atoms with van der Waals surface area (Å²) < 4.78 is 53.2. The summed E-state index contributed by atoms with van der Waals surface area (Å²) in [5.41, 5.74) is 2.38. The van der Waals surface area contributed by atoms with Gasteiger partial charge in [-0.15, -0.1) is 11.3 Å². The minimum absolute atomic E-state index is 0.0576. The molecule has 10 heteroatoms. The molecule has 0 atom stereocenters. The van der Waals surface area contributed by atoms with E-state index in [1.165, 1.54) is 15.6 Å². The van der Waals surface area contributed by atoms with Crippen LogP contribution in [-0.4, -0.2) is 54.7 Å². The van der Waals surface area contributed by atoms with Crippen LogP contribution in [0.25, 0.3) is 10.6 Å². The average molecular weight is 464 g/mol. The Morgan fingerprint density at radius 2 is 1.68 bits per heavy atom. The molecule has 0 N–H and O–H groups in total. The van der Waals surface area contributed by atoms with Crippen molar-refractivity contribution in [2.45, 2.75) is 11.8 Å². The molecular formula is C21H19F2N3O3S2. The lowest BCUT2D eigenvalue weighted by Crippen LogP contribution is -2.50. The summed E-state index contributed by atoms with van der Waals surface area (Å²) in [5, 5.41) is 2.44. The fourth-order valence-corrected chi connectivity index (χ4v) is 5.52. The molecule has 1 aliphatic rings. The zero-order valence-electron chi connectivity index (χ0n) is 16.6. The number of aryl methyl sites for hydroxylation is 1. The number of piperazine rings is 1. The van der Waals surface area contributed by atoms with Crippen LogP contribution in [0.15, 0.2) is 52.7 Å². The van der Waals surface area contributed by atoms with E-state index in [4.69, 9.17) is 0 Å². The van der Waals surface area contributed by atoms with Gasteiger partial charge in [0.15, 0.2) is 11.6 Å². The van der Waals surface area contributed by atoms with Crippen LogP contribution in [0.5, 0.6) is 0 Å². The number of amides is 1. The van der Waals surface area contributed by atoms with E-state index in [2.05, 4.69) is 4.98 Å². The molecule has 1 aliphatic heterocycles. The third-order valence-electron chi connectivity index (χ3n) is 5.08. The van der Waals surface area contributed by atoms with Crippen molar-refractivity contribution >= 4 is 27.3 Å². The molecule has 1 fully saturated rings. The zero-order chi connectivity index (χ0) is 22.2. The van der Waals surface area contributed by atoms with E-state index in [-0.39, 0.29) is 37.0 Å². The molecule has 0 bridgehead atoms. The van der Waals surface area contributed by atoms with Gasteiger partial charge >= 0.3 is 0 Å². The Morgan fingerprint density at radius 1 is 1.00 bits per heavy atom. The van der Waals surface area contributed by atoms with Crippen molar-refractivity contribution in [3.8, 4) is 10.6 Å². The van der Waals surface area contributed by atoms with Crippen LogP contribution in [0.2, 0.25) is 0 Å². The Bertz CT molecular complexity index is 1220. The Kier molecular flexibility index (Phi) is 5.87. The Labute approximate surface area is 182 Å². The first-order valence-electron chi connectivity index (χ1n) is 9.53. The molecular weight excluding hydrogens is 444 g/mol. The summed E-state index contributed by atoms with van der Waals surface area (Å²) in [6, 6.07) is 10.3. The van der Waals surface area contributed by atoms with Gasteiger partial charge in [0.1, 0.15) is 10.7 Å². The number of hydrogen-bond acceptors (Lipinski definition) is 5. The lowest BCUT2D eigenvalue weighted by Gasteiger charge is -2.33. The van der Waals surface area contributed by atoms with Crippen molar-refractivity contribution < 1.29 is 22.0 Å². The molecule has 162 valence electrons. The summed E-state index contributed by atoms with van der Waals surface area (Å²) in [6.07, 6.45) is 0. The summed E-state index contributed by atoms with van der Waals surface area (Å²) in [4.78, 5) is 18.5. The molecule has 1 saturated heterocycles. The molecule has 1 aromatic heterocycles. The van der Waals surface area contributed by atoms with Crippen LogP contribution in [0, 0.1) is 18.6 Å². The van der Waals surface area contributed by atoms with E-state index in [0.717, 1.165) is 28.3 Å². The first kappa shape index (κ1) is 21.5. The molecule has 31 heavy (non-hydrogen) atoms. The number of hydrogen-bond donors (Lipinski definition) is 0. The van der Waals surface area contributed by atoms with Gasteiger partial charge < -0.3 is 4.90 Å². The number of halogens is 2. The molecule has 0 spiro atoms. The number of sulfonamides is 1. The van der Waals surface area contributed by atoms with Gasteiger partial charge in [-0.3, -0.25) is 4.79 Å². The number of carbonyl (C=O) groups is 1. The molecule has 1 amide bonds. The zero-order valence-corrected chi connectivity index (χ0v) is 18.2. The quantitative estimate of drug-likeness (QED) is 0.594. The van der Waals surface area contributed by atoms with Crippen molar-refractivity contribution in [1.29, 1.82) is 0 Å². The number of nitrogens with zero attached hydrogens (tertiary/aromatic N) is 3. The van der Waals surface area contributed by atoms with Gasteiger partial charge in [0.2, 0.25) is 10.0 Å².